The van der Waals surface area contributed by atoms with Crippen LogP contribution in [0.25, 0.3) is 17.1 Å². The molecule has 2 heterocycles. The zero-order chi connectivity index (χ0) is 24.7. The second-order valence-electron chi connectivity index (χ2n) is 8.88. The lowest BCUT2D eigenvalue weighted by molar-refractivity contribution is -0.132. The second-order valence-corrected chi connectivity index (χ2v) is 8.88. The number of amides is 2. The van der Waals surface area contributed by atoms with Crippen LogP contribution in [0.1, 0.15) is 29.0 Å². The number of carbonyl (C=O) groups is 2. The zero-order valence-corrected chi connectivity index (χ0v) is 20.2. The Bertz CT molecular complexity index is 1240. The maximum atomic E-state index is 13.3. The monoisotopic (exact) mass is 479 g/mol. The number of carbonyl (C=O) groups excluding carboxylic acids is 2. The number of rotatable bonds is 7. The highest BCUT2D eigenvalue weighted by atomic mass is 16.2. The van der Waals surface area contributed by atoms with Crippen LogP contribution in [0, 0.1) is 0 Å². The van der Waals surface area contributed by atoms with Gasteiger partial charge in [-0.3, -0.25) is 9.59 Å². The molecule has 0 spiro atoms. The summed E-state index contributed by atoms with van der Waals surface area (Å²) in [4.78, 5) is 34.2. The first-order chi connectivity index (χ1) is 17.7. The smallest absolute Gasteiger partial charge is 0.293 e. The van der Waals surface area contributed by atoms with Gasteiger partial charge in [0.15, 0.2) is 5.82 Å². The molecule has 1 aliphatic rings. The molecule has 182 valence electrons. The van der Waals surface area contributed by atoms with Gasteiger partial charge in [0.05, 0.1) is 5.69 Å². The van der Waals surface area contributed by atoms with E-state index in [9.17, 15) is 9.59 Å². The van der Waals surface area contributed by atoms with Crippen LogP contribution in [0.2, 0.25) is 0 Å². The molecule has 0 saturated carbocycles. The van der Waals surface area contributed by atoms with E-state index in [1.165, 1.54) is 5.56 Å². The Hall–Kier alpha value is -4.26. The van der Waals surface area contributed by atoms with E-state index in [2.05, 4.69) is 22.2 Å². The molecule has 36 heavy (non-hydrogen) atoms. The maximum Gasteiger partial charge on any atom is 0.293 e. The van der Waals surface area contributed by atoms with Crippen molar-refractivity contribution in [2.75, 3.05) is 26.2 Å². The number of aromatic nitrogens is 3. The number of aryl methyl sites for hydroxylation is 1. The van der Waals surface area contributed by atoms with E-state index in [0.29, 0.717) is 38.4 Å². The van der Waals surface area contributed by atoms with Crippen LogP contribution >= 0.6 is 0 Å². The Balaban J connectivity index is 1.23. The summed E-state index contributed by atoms with van der Waals surface area (Å²) in [6.45, 7) is 2.01. The van der Waals surface area contributed by atoms with Crippen molar-refractivity contribution in [3.05, 3.63) is 102 Å². The normalized spacial score (nSPS) is 13.6. The average Bonchev–Trinajstić information content (AvgIpc) is 3.40. The Morgan fingerprint density at radius 1 is 0.722 bits per heavy atom. The molecule has 7 heteroatoms. The minimum absolute atomic E-state index is 0.149. The molecular formula is C29H29N5O2. The lowest BCUT2D eigenvalue weighted by Crippen LogP contribution is -2.50. The molecule has 0 radical (unpaired) electrons. The summed E-state index contributed by atoms with van der Waals surface area (Å²) < 4.78 is 1.72. The molecule has 1 aromatic heterocycles. The van der Waals surface area contributed by atoms with E-state index in [1.807, 2.05) is 83.8 Å². The molecule has 0 bridgehead atoms. The Morgan fingerprint density at radius 3 is 1.97 bits per heavy atom. The Kier molecular flexibility index (Phi) is 7.17. The number of hydrogen-bond donors (Lipinski definition) is 0. The minimum atomic E-state index is -0.210. The van der Waals surface area contributed by atoms with Gasteiger partial charge in [-0.1, -0.05) is 78.9 Å². The third-order valence-corrected chi connectivity index (χ3v) is 6.45. The number of nitrogens with zero attached hydrogens (tertiary/aromatic N) is 5. The van der Waals surface area contributed by atoms with Crippen LogP contribution in [0.15, 0.2) is 91.0 Å². The van der Waals surface area contributed by atoms with Gasteiger partial charge in [-0.2, -0.15) is 0 Å². The van der Waals surface area contributed by atoms with Crippen molar-refractivity contribution < 1.29 is 9.59 Å². The van der Waals surface area contributed by atoms with Crippen molar-refractivity contribution in [3.8, 4) is 17.1 Å². The van der Waals surface area contributed by atoms with Crippen LogP contribution in [0.4, 0.5) is 0 Å². The van der Waals surface area contributed by atoms with Crippen molar-refractivity contribution in [1.82, 2.24) is 24.6 Å². The third-order valence-electron chi connectivity index (χ3n) is 6.45. The van der Waals surface area contributed by atoms with E-state index in [0.717, 1.165) is 24.1 Å². The van der Waals surface area contributed by atoms with Crippen LogP contribution in [0.3, 0.4) is 0 Å². The molecule has 0 atom stereocenters. The molecule has 1 saturated heterocycles. The van der Waals surface area contributed by atoms with E-state index in [1.54, 1.807) is 9.58 Å². The predicted molar refractivity (Wildman–Crippen MR) is 139 cm³/mol. The fourth-order valence-corrected chi connectivity index (χ4v) is 4.47. The highest BCUT2D eigenvalue weighted by molar-refractivity contribution is 5.91. The van der Waals surface area contributed by atoms with Crippen molar-refractivity contribution in [1.29, 1.82) is 0 Å². The first kappa shape index (κ1) is 23.5. The van der Waals surface area contributed by atoms with Gasteiger partial charge in [-0.25, -0.2) is 9.67 Å². The maximum absolute atomic E-state index is 13.3. The molecule has 0 unspecified atom stereocenters. The molecule has 1 aliphatic heterocycles. The van der Waals surface area contributed by atoms with Gasteiger partial charge in [0.2, 0.25) is 11.7 Å². The van der Waals surface area contributed by atoms with Gasteiger partial charge in [-0.05, 0) is 30.5 Å². The lowest BCUT2D eigenvalue weighted by atomic mass is 10.1. The molecule has 1 fully saturated rings. The summed E-state index contributed by atoms with van der Waals surface area (Å²) in [6.07, 6.45) is 2.24. The Labute approximate surface area is 211 Å². The average molecular weight is 480 g/mol. The standard InChI is InChI=1S/C29H29N5O2/c35-26(18-10-13-23-11-4-1-5-12-23)32-19-21-33(22-20-32)29(36)27-30-28(24-14-6-2-7-15-24)34(31-27)25-16-8-3-9-17-25/h1-9,11-12,14-17H,10,13,18-22H2. The van der Waals surface area contributed by atoms with E-state index >= 15 is 0 Å². The number of piperazine rings is 1. The highest BCUT2D eigenvalue weighted by Gasteiger charge is 2.28. The van der Waals surface area contributed by atoms with Crippen LogP contribution in [-0.4, -0.2) is 62.6 Å². The minimum Gasteiger partial charge on any atom is -0.339 e. The summed E-state index contributed by atoms with van der Waals surface area (Å²) in [6, 6.07) is 29.7. The molecule has 3 aromatic carbocycles. The number of hydrogen-bond acceptors (Lipinski definition) is 4. The third kappa shape index (κ3) is 5.35. The summed E-state index contributed by atoms with van der Waals surface area (Å²) in [5, 5.41) is 4.59. The molecule has 4 aromatic rings. The molecule has 0 aliphatic carbocycles. The first-order valence-electron chi connectivity index (χ1n) is 12.4. The molecule has 0 N–H and O–H groups in total. The molecular weight excluding hydrogens is 450 g/mol. The topological polar surface area (TPSA) is 71.3 Å². The number of benzene rings is 3. The fourth-order valence-electron chi connectivity index (χ4n) is 4.47. The van der Waals surface area contributed by atoms with Gasteiger partial charge in [0.25, 0.3) is 5.91 Å². The zero-order valence-electron chi connectivity index (χ0n) is 20.2. The molecule has 5 rings (SSSR count). The van der Waals surface area contributed by atoms with Crippen LogP contribution in [-0.2, 0) is 11.2 Å². The summed E-state index contributed by atoms with van der Waals surface area (Å²) in [5.41, 5.74) is 2.98. The van der Waals surface area contributed by atoms with Crippen molar-refractivity contribution in [2.24, 2.45) is 0 Å². The SMILES string of the molecule is O=C(CCCc1ccccc1)N1CCN(C(=O)c2nc(-c3ccccc3)n(-c3ccccc3)n2)CC1. The van der Waals surface area contributed by atoms with Gasteiger partial charge in [-0.15, -0.1) is 5.10 Å². The predicted octanol–water partition coefficient (Wildman–Crippen LogP) is 4.24. The lowest BCUT2D eigenvalue weighted by Gasteiger charge is -2.34. The van der Waals surface area contributed by atoms with Gasteiger partial charge >= 0.3 is 0 Å². The van der Waals surface area contributed by atoms with E-state index in [-0.39, 0.29) is 17.6 Å². The second kappa shape index (κ2) is 11.0. The van der Waals surface area contributed by atoms with Gasteiger partial charge < -0.3 is 9.80 Å². The van der Waals surface area contributed by atoms with Crippen LogP contribution in [0.5, 0.6) is 0 Å². The van der Waals surface area contributed by atoms with E-state index < -0.39 is 0 Å². The summed E-state index contributed by atoms with van der Waals surface area (Å²) >= 11 is 0. The first-order valence-corrected chi connectivity index (χ1v) is 12.4. The number of para-hydroxylation sites is 1. The molecule has 2 amide bonds. The summed E-state index contributed by atoms with van der Waals surface area (Å²) in [7, 11) is 0. The van der Waals surface area contributed by atoms with Gasteiger partial charge in [0.1, 0.15) is 0 Å². The largest absolute Gasteiger partial charge is 0.339 e. The quantitative estimate of drug-likeness (QED) is 0.398. The highest BCUT2D eigenvalue weighted by Crippen LogP contribution is 2.22. The van der Waals surface area contributed by atoms with Crippen molar-refractivity contribution in [2.45, 2.75) is 19.3 Å². The fraction of sp³-hybridized carbons (Fsp3) is 0.241. The Morgan fingerprint density at radius 2 is 1.31 bits per heavy atom. The molecule has 7 nitrogen and oxygen atoms in total. The van der Waals surface area contributed by atoms with Gasteiger partial charge in [0, 0.05) is 38.2 Å². The summed E-state index contributed by atoms with van der Waals surface area (Å²) in [5.74, 6) is 0.728. The van der Waals surface area contributed by atoms with Crippen molar-refractivity contribution in [3.63, 3.8) is 0 Å². The van der Waals surface area contributed by atoms with Crippen LogP contribution < -0.4 is 0 Å². The van der Waals surface area contributed by atoms with E-state index in [4.69, 9.17) is 0 Å². The van der Waals surface area contributed by atoms with Crippen molar-refractivity contribution >= 4 is 11.8 Å².